The molecule has 0 fully saturated rings. The van der Waals surface area contributed by atoms with Gasteiger partial charge in [-0.3, -0.25) is 4.79 Å². The summed E-state index contributed by atoms with van der Waals surface area (Å²) in [4.78, 5) is 20.8. The molecule has 1 N–H and O–H groups in total. The zero-order chi connectivity index (χ0) is 18.7. The molecular formula is C19H22N4O3. The third-order valence-electron chi connectivity index (χ3n) is 3.66. The van der Waals surface area contributed by atoms with E-state index in [0.29, 0.717) is 30.1 Å². The number of pyridine rings is 2. The Labute approximate surface area is 151 Å². The summed E-state index contributed by atoms with van der Waals surface area (Å²) in [5, 5.41) is 7.59. The smallest absolute Gasteiger partial charge is 0.257 e. The highest BCUT2D eigenvalue weighted by atomic mass is 16.5. The van der Waals surface area contributed by atoms with E-state index in [1.165, 1.54) is 6.20 Å². The van der Waals surface area contributed by atoms with Crippen LogP contribution in [-0.4, -0.2) is 26.6 Å². The van der Waals surface area contributed by atoms with Crippen LogP contribution in [0.15, 0.2) is 35.1 Å². The normalized spacial score (nSPS) is 11.5. The number of aryl methyl sites for hydroxylation is 1. The van der Waals surface area contributed by atoms with Gasteiger partial charge in [0.1, 0.15) is 5.60 Å². The van der Waals surface area contributed by atoms with Crippen LogP contribution in [0.1, 0.15) is 49.3 Å². The lowest BCUT2D eigenvalue weighted by atomic mass is 10.1. The maximum absolute atomic E-state index is 12.4. The molecule has 0 aliphatic rings. The van der Waals surface area contributed by atoms with Crippen LogP contribution in [0, 0.1) is 0 Å². The standard InChI is InChI=1S/C19H22N4O3/c1-5-15-14-8-13(11-22-18(14)26-23-15)17(24)21-10-12-6-7-16(20-9-12)25-19(2,3)4/h6-9,11H,5,10H2,1-4H3,(H,21,24). The second kappa shape index (κ2) is 7.11. The van der Waals surface area contributed by atoms with E-state index in [0.717, 1.165) is 16.6 Å². The Bertz CT molecular complexity index is 911. The number of carbonyl (C=O) groups excluding carboxylic acids is 1. The fourth-order valence-corrected chi connectivity index (χ4v) is 2.43. The van der Waals surface area contributed by atoms with Gasteiger partial charge in [-0.25, -0.2) is 9.97 Å². The molecular weight excluding hydrogens is 332 g/mol. The second-order valence-electron chi connectivity index (χ2n) is 6.96. The Balaban J connectivity index is 1.65. The van der Waals surface area contributed by atoms with Gasteiger partial charge in [0.25, 0.3) is 11.6 Å². The van der Waals surface area contributed by atoms with Crippen LogP contribution < -0.4 is 10.1 Å². The molecule has 26 heavy (non-hydrogen) atoms. The fourth-order valence-electron chi connectivity index (χ4n) is 2.43. The second-order valence-corrected chi connectivity index (χ2v) is 6.96. The first kappa shape index (κ1) is 17.8. The van der Waals surface area contributed by atoms with Crippen molar-refractivity contribution >= 4 is 17.0 Å². The van der Waals surface area contributed by atoms with E-state index in [9.17, 15) is 4.79 Å². The summed E-state index contributed by atoms with van der Waals surface area (Å²) in [5.74, 6) is 0.347. The molecule has 3 heterocycles. The van der Waals surface area contributed by atoms with E-state index < -0.39 is 0 Å². The molecule has 0 saturated heterocycles. The lowest BCUT2D eigenvalue weighted by Crippen LogP contribution is -2.24. The molecule has 0 spiro atoms. The zero-order valence-corrected chi connectivity index (χ0v) is 15.4. The molecule has 0 unspecified atom stereocenters. The van der Waals surface area contributed by atoms with Crippen LogP contribution in [0.2, 0.25) is 0 Å². The average Bonchev–Trinajstić information content (AvgIpc) is 3.01. The Hall–Kier alpha value is -2.96. The van der Waals surface area contributed by atoms with Gasteiger partial charge in [-0.15, -0.1) is 0 Å². The van der Waals surface area contributed by atoms with Crippen molar-refractivity contribution < 1.29 is 14.1 Å². The first-order valence-electron chi connectivity index (χ1n) is 8.52. The van der Waals surface area contributed by atoms with Crippen LogP contribution in [-0.2, 0) is 13.0 Å². The minimum atomic E-state index is -0.298. The molecule has 0 radical (unpaired) electrons. The van der Waals surface area contributed by atoms with Crippen molar-refractivity contribution in [1.82, 2.24) is 20.4 Å². The molecule has 7 heteroatoms. The van der Waals surface area contributed by atoms with Crippen LogP contribution in [0.3, 0.4) is 0 Å². The molecule has 0 aliphatic heterocycles. The predicted molar refractivity (Wildman–Crippen MR) is 97.0 cm³/mol. The maximum Gasteiger partial charge on any atom is 0.257 e. The van der Waals surface area contributed by atoms with Gasteiger partial charge in [-0.1, -0.05) is 18.1 Å². The van der Waals surface area contributed by atoms with Crippen molar-refractivity contribution in [2.45, 2.75) is 46.3 Å². The minimum absolute atomic E-state index is 0.210. The topological polar surface area (TPSA) is 90.1 Å². The van der Waals surface area contributed by atoms with Crippen molar-refractivity contribution in [3.8, 4) is 5.88 Å². The first-order valence-corrected chi connectivity index (χ1v) is 8.52. The molecule has 0 bridgehead atoms. The van der Waals surface area contributed by atoms with Crippen molar-refractivity contribution in [1.29, 1.82) is 0 Å². The number of amides is 1. The van der Waals surface area contributed by atoms with Gasteiger partial charge in [-0.2, -0.15) is 0 Å². The minimum Gasteiger partial charge on any atom is -0.472 e. The van der Waals surface area contributed by atoms with Gasteiger partial charge in [0.2, 0.25) is 5.88 Å². The van der Waals surface area contributed by atoms with Crippen LogP contribution in [0.5, 0.6) is 5.88 Å². The maximum atomic E-state index is 12.4. The Morgan fingerprint density at radius 1 is 1.23 bits per heavy atom. The van der Waals surface area contributed by atoms with E-state index >= 15 is 0 Å². The summed E-state index contributed by atoms with van der Waals surface area (Å²) >= 11 is 0. The van der Waals surface area contributed by atoms with Gasteiger partial charge in [0, 0.05) is 25.0 Å². The number of aromatic nitrogens is 3. The lowest BCUT2D eigenvalue weighted by molar-refractivity contribution is 0.0950. The third kappa shape index (κ3) is 4.17. The molecule has 3 aromatic heterocycles. The van der Waals surface area contributed by atoms with E-state index in [-0.39, 0.29) is 11.5 Å². The lowest BCUT2D eigenvalue weighted by Gasteiger charge is -2.20. The quantitative estimate of drug-likeness (QED) is 0.756. The molecule has 3 rings (SSSR count). The molecule has 3 aromatic rings. The molecule has 136 valence electrons. The van der Waals surface area contributed by atoms with Crippen LogP contribution in [0.4, 0.5) is 0 Å². The molecule has 0 atom stereocenters. The number of nitrogens with one attached hydrogen (secondary N) is 1. The van der Waals surface area contributed by atoms with Gasteiger partial charge in [-0.05, 0) is 38.8 Å². The summed E-state index contributed by atoms with van der Waals surface area (Å²) < 4.78 is 10.8. The summed E-state index contributed by atoms with van der Waals surface area (Å²) in [6, 6.07) is 5.43. The van der Waals surface area contributed by atoms with E-state index in [1.807, 2.05) is 33.8 Å². The first-order chi connectivity index (χ1) is 12.4. The third-order valence-corrected chi connectivity index (χ3v) is 3.66. The number of fused-ring (bicyclic) bond motifs is 1. The van der Waals surface area contributed by atoms with Crippen molar-refractivity contribution in [2.75, 3.05) is 0 Å². The number of carbonyl (C=O) groups is 1. The summed E-state index contributed by atoms with van der Waals surface area (Å²) in [6.45, 7) is 8.24. The van der Waals surface area contributed by atoms with Crippen molar-refractivity contribution in [3.05, 3.63) is 47.4 Å². The summed E-state index contributed by atoms with van der Waals surface area (Å²) in [7, 11) is 0. The molecule has 0 saturated carbocycles. The van der Waals surface area contributed by atoms with E-state index in [1.54, 1.807) is 18.3 Å². The number of hydrogen-bond acceptors (Lipinski definition) is 6. The summed E-state index contributed by atoms with van der Waals surface area (Å²) in [5.41, 5.74) is 2.29. The van der Waals surface area contributed by atoms with E-state index in [4.69, 9.17) is 9.26 Å². The van der Waals surface area contributed by atoms with E-state index in [2.05, 4.69) is 20.4 Å². The van der Waals surface area contributed by atoms with Gasteiger partial charge in [0.15, 0.2) is 0 Å². The Morgan fingerprint density at radius 2 is 2.04 bits per heavy atom. The number of ether oxygens (including phenoxy) is 1. The summed E-state index contributed by atoms with van der Waals surface area (Å²) in [6.07, 6.45) is 3.90. The van der Waals surface area contributed by atoms with Gasteiger partial charge >= 0.3 is 0 Å². The average molecular weight is 354 g/mol. The molecule has 1 amide bonds. The highest BCUT2D eigenvalue weighted by Gasteiger charge is 2.14. The number of nitrogens with zero attached hydrogens (tertiary/aromatic N) is 3. The monoisotopic (exact) mass is 354 g/mol. The zero-order valence-electron chi connectivity index (χ0n) is 15.4. The van der Waals surface area contributed by atoms with Gasteiger partial charge < -0.3 is 14.6 Å². The Morgan fingerprint density at radius 3 is 2.69 bits per heavy atom. The molecule has 0 aliphatic carbocycles. The van der Waals surface area contributed by atoms with Crippen molar-refractivity contribution in [3.63, 3.8) is 0 Å². The largest absolute Gasteiger partial charge is 0.472 e. The SMILES string of the molecule is CCc1noc2ncc(C(=O)NCc3ccc(OC(C)(C)C)nc3)cc12. The van der Waals surface area contributed by atoms with Gasteiger partial charge in [0.05, 0.1) is 16.6 Å². The highest BCUT2D eigenvalue weighted by Crippen LogP contribution is 2.18. The van der Waals surface area contributed by atoms with Crippen LogP contribution >= 0.6 is 0 Å². The fraction of sp³-hybridized carbons (Fsp3) is 0.368. The van der Waals surface area contributed by atoms with Crippen molar-refractivity contribution in [2.24, 2.45) is 0 Å². The molecule has 0 aromatic carbocycles. The van der Waals surface area contributed by atoms with Crippen LogP contribution in [0.25, 0.3) is 11.1 Å². The Kier molecular flexibility index (Phi) is 4.88. The highest BCUT2D eigenvalue weighted by molar-refractivity contribution is 5.96. The predicted octanol–water partition coefficient (Wildman–Crippen LogP) is 3.29. The molecule has 7 nitrogen and oxygen atoms in total. The number of rotatable bonds is 5. The number of hydrogen-bond donors (Lipinski definition) is 1.